The summed E-state index contributed by atoms with van der Waals surface area (Å²) in [6.07, 6.45) is 2.94. The Morgan fingerprint density at radius 1 is 1.25 bits per heavy atom. The normalized spacial score (nSPS) is 24.5. The zero-order valence-electron chi connectivity index (χ0n) is 10.1. The first kappa shape index (κ1) is 11.9. The lowest BCUT2D eigenvalue weighted by Crippen LogP contribution is -2.50. The van der Waals surface area contributed by atoms with E-state index in [2.05, 4.69) is 4.90 Å². The molecule has 92 valence electrons. The molecule has 0 bridgehead atoms. The maximum atomic E-state index is 11.5. The highest BCUT2D eigenvalue weighted by molar-refractivity contribution is 5.75. The van der Waals surface area contributed by atoms with Crippen LogP contribution < -0.4 is 0 Å². The number of nitrogens with zero attached hydrogens (tertiary/aromatic N) is 2. The second kappa shape index (κ2) is 4.72. The van der Waals surface area contributed by atoms with Gasteiger partial charge in [0.15, 0.2) is 0 Å². The molecule has 1 saturated heterocycles. The predicted octanol–water partition coefficient (Wildman–Crippen LogP) is 0.313. The molecule has 0 atom stereocenters. The van der Waals surface area contributed by atoms with Crippen LogP contribution >= 0.6 is 0 Å². The Bertz CT molecular complexity index is 256. The Kier molecular flexibility index (Phi) is 3.50. The molecule has 1 heterocycles. The van der Waals surface area contributed by atoms with Crippen LogP contribution in [0.5, 0.6) is 0 Å². The highest BCUT2D eigenvalue weighted by atomic mass is 16.3. The summed E-state index contributed by atoms with van der Waals surface area (Å²) in [6, 6.07) is 0. The molecule has 0 unspecified atom stereocenters. The van der Waals surface area contributed by atoms with E-state index in [1.54, 1.807) is 0 Å². The second-order valence-corrected chi connectivity index (χ2v) is 5.17. The van der Waals surface area contributed by atoms with Gasteiger partial charge in [-0.25, -0.2) is 0 Å². The maximum Gasteiger partial charge on any atom is 0.222 e. The number of piperazine rings is 1. The van der Waals surface area contributed by atoms with Crippen molar-refractivity contribution in [3.8, 4) is 0 Å². The smallest absolute Gasteiger partial charge is 0.222 e. The van der Waals surface area contributed by atoms with Gasteiger partial charge in [-0.15, -0.1) is 0 Å². The lowest BCUT2D eigenvalue weighted by atomic mass is 10.1. The summed E-state index contributed by atoms with van der Waals surface area (Å²) < 4.78 is 0. The summed E-state index contributed by atoms with van der Waals surface area (Å²) in [5.74, 6) is 0.267. The minimum Gasteiger partial charge on any atom is -0.396 e. The lowest BCUT2D eigenvalue weighted by Gasteiger charge is -2.36. The minimum atomic E-state index is 0.205. The molecule has 1 N–H and O–H groups in total. The zero-order valence-corrected chi connectivity index (χ0v) is 10.1. The molecule has 1 aliphatic carbocycles. The molecule has 2 aliphatic rings. The summed E-state index contributed by atoms with van der Waals surface area (Å²) in [7, 11) is 0. The number of hydrogen-bond donors (Lipinski definition) is 1. The molecular weight excluding hydrogens is 204 g/mol. The third-order valence-electron chi connectivity index (χ3n) is 3.88. The molecule has 0 aromatic carbocycles. The molecule has 2 rings (SSSR count). The summed E-state index contributed by atoms with van der Waals surface area (Å²) >= 11 is 0. The van der Waals surface area contributed by atoms with Crippen LogP contribution in [0.25, 0.3) is 0 Å². The number of aliphatic hydroxyl groups is 1. The van der Waals surface area contributed by atoms with Gasteiger partial charge in [0.2, 0.25) is 5.91 Å². The van der Waals surface area contributed by atoms with Gasteiger partial charge >= 0.3 is 0 Å². The van der Waals surface area contributed by atoms with Crippen LogP contribution in [0, 0.1) is 5.41 Å². The Hall–Kier alpha value is -0.610. The van der Waals surface area contributed by atoms with Crippen LogP contribution in [-0.2, 0) is 4.79 Å². The van der Waals surface area contributed by atoms with E-state index in [0.717, 1.165) is 45.6 Å². The van der Waals surface area contributed by atoms with Gasteiger partial charge in [0, 0.05) is 51.2 Å². The molecule has 0 aromatic rings. The van der Waals surface area contributed by atoms with Crippen molar-refractivity contribution in [1.82, 2.24) is 9.80 Å². The second-order valence-electron chi connectivity index (χ2n) is 5.17. The minimum absolute atomic E-state index is 0.205. The van der Waals surface area contributed by atoms with E-state index in [0.29, 0.717) is 13.0 Å². The monoisotopic (exact) mass is 226 g/mol. The molecule has 1 saturated carbocycles. The standard InChI is InChI=1S/C12H22N2O2/c1-2-11(16)14-7-5-13(6-8-14)9-12(10-15)3-4-12/h15H,2-10H2,1H3. The van der Waals surface area contributed by atoms with Crippen LogP contribution in [0.1, 0.15) is 26.2 Å². The fourth-order valence-corrected chi connectivity index (χ4v) is 2.40. The summed E-state index contributed by atoms with van der Waals surface area (Å²) in [6.45, 7) is 6.89. The van der Waals surface area contributed by atoms with Crippen molar-refractivity contribution in [3.05, 3.63) is 0 Å². The average molecular weight is 226 g/mol. The first-order valence-electron chi connectivity index (χ1n) is 6.30. The predicted molar refractivity (Wildman–Crippen MR) is 62.1 cm³/mol. The van der Waals surface area contributed by atoms with E-state index < -0.39 is 0 Å². The Morgan fingerprint density at radius 2 is 1.88 bits per heavy atom. The molecule has 0 aromatic heterocycles. The van der Waals surface area contributed by atoms with E-state index in [1.807, 2.05) is 11.8 Å². The number of carbonyl (C=O) groups excluding carboxylic acids is 1. The first-order chi connectivity index (χ1) is 7.69. The quantitative estimate of drug-likeness (QED) is 0.750. The van der Waals surface area contributed by atoms with E-state index in [9.17, 15) is 9.90 Å². The van der Waals surface area contributed by atoms with E-state index in [-0.39, 0.29) is 11.3 Å². The van der Waals surface area contributed by atoms with Gasteiger partial charge in [0.25, 0.3) is 0 Å². The highest BCUT2D eigenvalue weighted by Crippen LogP contribution is 2.45. The summed E-state index contributed by atoms with van der Waals surface area (Å²) in [5, 5.41) is 9.27. The van der Waals surface area contributed by atoms with Crippen molar-refractivity contribution in [2.75, 3.05) is 39.3 Å². The van der Waals surface area contributed by atoms with Gasteiger partial charge in [-0.05, 0) is 12.8 Å². The third-order valence-corrected chi connectivity index (χ3v) is 3.88. The zero-order chi connectivity index (χ0) is 11.6. The topological polar surface area (TPSA) is 43.8 Å². The molecule has 1 aliphatic heterocycles. The fourth-order valence-electron chi connectivity index (χ4n) is 2.40. The SMILES string of the molecule is CCC(=O)N1CCN(CC2(CO)CC2)CC1. The van der Waals surface area contributed by atoms with Crippen LogP contribution in [0.2, 0.25) is 0 Å². The van der Waals surface area contributed by atoms with Crippen molar-refractivity contribution < 1.29 is 9.90 Å². The van der Waals surface area contributed by atoms with Crippen molar-refractivity contribution in [2.45, 2.75) is 26.2 Å². The largest absolute Gasteiger partial charge is 0.396 e. The van der Waals surface area contributed by atoms with E-state index in [1.165, 1.54) is 0 Å². The van der Waals surface area contributed by atoms with Gasteiger partial charge in [0.1, 0.15) is 0 Å². The van der Waals surface area contributed by atoms with Crippen LogP contribution in [-0.4, -0.2) is 60.1 Å². The summed E-state index contributed by atoms with van der Waals surface area (Å²) in [4.78, 5) is 15.8. The first-order valence-corrected chi connectivity index (χ1v) is 6.30. The molecule has 2 fully saturated rings. The molecular formula is C12H22N2O2. The van der Waals surface area contributed by atoms with Crippen LogP contribution in [0.15, 0.2) is 0 Å². The highest BCUT2D eigenvalue weighted by Gasteiger charge is 2.43. The van der Waals surface area contributed by atoms with Crippen molar-refractivity contribution in [3.63, 3.8) is 0 Å². The third kappa shape index (κ3) is 2.55. The average Bonchev–Trinajstić information content (AvgIpc) is 3.09. The molecule has 16 heavy (non-hydrogen) atoms. The molecule has 1 amide bonds. The van der Waals surface area contributed by atoms with Crippen molar-refractivity contribution in [1.29, 1.82) is 0 Å². The summed E-state index contributed by atoms with van der Waals surface area (Å²) in [5.41, 5.74) is 0.205. The van der Waals surface area contributed by atoms with E-state index >= 15 is 0 Å². The number of amides is 1. The Morgan fingerprint density at radius 3 is 2.31 bits per heavy atom. The molecule has 0 spiro atoms. The fraction of sp³-hybridized carbons (Fsp3) is 0.917. The van der Waals surface area contributed by atoms with Gasteiger partial charge in [-0.2, -0.15) is 0 Å². The van der Waals surface area contributed by atoms with Crippen LogP contribution in [0.4, 0.5) is 0 Å². The molecule has 0 radical (unpaired) electrons. The molecule has 4 nitrogen and oxygen atoms in total. The van der Waals surface area contributed by atoms with Gasteiger partial charge in [-0.1, -0.05) is 6.92 Å². The Labute approximate surface area is 97.2 Å². The number of hydrogen-bond acceptors (Lipinski definition) is 3. The maximum absolute atomic E-state index is 11.5. The van der Waals surface area contributed by atoms with Crippen molar-refractivity contribution >= 4 is 5.91 Å². The number of rotatable bonds is 4. The van der Waals surface area contributed by atoms with E-state index in [4.69, 9.17) is 0 Å². The van der Waals surface area contributed by atoms with Gasteiger partial charge in [-0.3, -0.25) is 9.69 Å². The van der Waals surface area contributed by atoms with Gasteiger partial charge in [0.05, 0.1) is 0 Å². The number of carbonyl (C=O) groups is 1. The Balaban J connectivity index is 1.75. The van der Waals surface area contributed by atoms with Gasteiger partial charge < -0.3 is 10.0 Å². The number of aliphatic hydroxyl groups excluding tert-OH is 1. The molecule has 4 heteroatoms. The van der Waals surface area contributed by atoms with Crippen molar-refractivity contribution in [2.24, 2.45) is 5.41 Å². The lowest BCUT2D eigenvalue weighted by molar-refractivity contribution is -0.132. The van der Waals surface area contributed by atoms with Crippen LogP contribution in [0.3, 0.4) is 0 Å².